The summed E-state index contributed by atoms with van der Waals surface area (Å²) in [5, 5.41) is 0. The molecule has 0 unspecified atom stereocenters. The van der Waals surface area contributed by atoms with Gasteiger partial charge in [0.15, 0.2) is 0 Å². The molecular weight excluding hydrogens is 376 g/mol. The largest absolute Gasteiger partial charge is 0.464 e. The van der Waals surface area contributed by atoms with Crippen LogP contribution in [0.1, 0.15) is 87.0 Å². The SMILES string of the molecule is CC(C)C1=CC2=CC[C@H]3[C@@](C)(COC(=O)CSC(C)(C)C)CCC[C@]3(C)[C@@H]2CC1. The Balaban J connectivity index is 1.72. The second kappa shape index (κ2) is 8.44. The lowest BCUT2D eigenvalue weighted by Gasteiger charge is -2.58. The molecule has 0 aromatic heterocycles. The highest BCUT2D eigenvalue weighted by Crippen LogP contribution is 2.62. The lowest BCUT2D eigenvalue weighted by Crippen LogP contribution is -2.51. The number of esters is 1. The molecule has 164 valence electrons. The van der Waals surface area contributed by atoms with Crippen molar-refractivity contribution >= 4 is 17.7 Å². The molecule has 3 rings (SSSR count). The number of ether oxygens (including phenoxy) is 1. The Bertz CT molecular complexity index is 683. The van der Waals surface area contributed by atoms with Crippen LogP contribution in [0.4, 0.5) is 0 Å². The zero-order valence-corrected chi connectivity index (χ0v) is 20.6. The summed E-state index contributed by atoms with van der Waals surface area (Å²) in [7, 11) is 0. The molecule has 0 spiro atoms. The highest BCUT2D eigenvalue weighted by atomic mass is 32.2. The first-order valence-electron chi connectivity index (χ1n) is 11.6. The summed E-state index contributed by atoms with van der Waals surface area (Å²) in [6.07, 6.45) is 12.5. The van der Waals surface area contributed by atoms with E-state index in [2.05, 4.69) is 60.6 Å². The Morgan fingerprint density at radius 1 is 1.28 bits per heavy atom. The smallest absolute Gasteiger partial charge is 0.315 e. The molecule has 3 aliphatic carbocycles. The molecule has 0 aromatic carbocycles. The van der Waals surface area contributed by atoms with Crippen LogP contribution in [-0.2, 0) is 9.53 Å². The lowest BCUT2D eigenvalue weighted by atomic mass is 9.47. The monoisotopic (exact) mass is 418 g/mol. The van der Waals surface area contributed by atoms with Gasteiger partial charge in [-0.3, -0.25) is 4.79 Å². The van der Waals surface area contributed by atoms with Gasteiger partial charge in [-0.05, 0) is 60.8 Å². The molecular formula is C26H42O2S. The fourth-order valence-corrected chi connectivity index (χ4v) is 6.84. The first-order valence-corrected chi connectivity index (χ1v) is 12.6. The molecule has 2 nitrogen and oxygen atoms in total. The summed E-state index contributed by atoms with van der Waals surface area (Å²) >= 11 is 1.68. The van der Waals surface area contributed by atoms with E-state index < -0.39 is 0 Å². The fourth-order valence-electron chi connectivity index (χ4n) is 6.21. The summed E-state index contributed by atoms with van der Waals surface area (Å²) < 4.78 is 5.96. The maximum atomic E-state index is 12.4. The summed E-state index contributed by atoms with van der Waals surface area (Å²) in [5.74, 6) is 2.35. The topological polar surface area (TPSA) is 26.3 Å². The molecule has 3 heteroatoms. The minimum Gasteiger partial charge on any atom is -0.464 e. The number of fused-ring (bicyclic) bond motifs is 3. The second-order valence-corrected chi connectivity index (χ2v) is 13.3. The van der Waals surface area contributed by atoms with E-state index in [9.17, 15) is 4.79 Å². The average molecular weight is 419 g/mol. The Kier molecular flexibility index (Phi) is 6.69. The van der Waals surface area contributed by atoms with E-state index >= 15 is 0 Å². The molecule has 4 atom stereocenters. The summed E-state index contributed by atoms with van der Waals surface area (Å²) in [5.41, 5.74) is 3.65. The van der Waals surface area contributed by atoms with Crippen LogP contribution >= 0.6 is 11.8 Å². The summed E-state index contributed by atoms with van der Waals surface area (Å²) in [4.78, 5) is 12.4. The highest BCUT2D eigenvalue weighted by Gasteiger charge is 2.54. The molecule has 1 fully saturated rings. The van der Waals surface area contributed by atoms with Crippen LogP contribution in [0.15, 0.2) is 23.3 Å². The molecule has 3 aliphatic rings. The number of carbonyl (C=O) groups is 1. The van der Waals surface area contributed by atoms with Crippen LogP contribution in [0.25, 0.3) is 0 Å². The van der Waals surface area contributed by atoms with Crippen molar-refractivity contribution in [2.24, 2.45) is 28.6 Å². The molecule has 0 radical (unpaired) electrons. The first kappa shape index (κ1) is 23.0. The maximum absolute atomic E-state index is 12.4. The fraction of sp³-hybridized carbons (Fsp3) is 0.808. The van der Waals surface area contributed by atoms with Crippen molar-refractivity contribution in [2.75, 3.05) is 12.4 Å². The number of thioether (sulfide) groups is 1. The van der Waals surface area contributed by atoms with E-state index in [0.717, 1.165) is 6.42 Å². The van der Waals surface area contributed by atoms with Crippen LogP contribution in [0.3, 0.4) is 0 Å². The first-order chi connectivity index (χ1) is 13.4. The normalized spacial score (nSPS) is 34.8. The molecule has 0 bridgehead atoms. The molecule has 0 N–H and O–H groups in total. The Labute approximate surface area is 183 Å². The highest BCUT2D eigenvalue weighted by molar-refractivity contribution is 8.01. The summed E-state index contributed by atoms with van der Waals surface area (Å²) in [6.45, 7) is 16.6. The second-order valence-electron chi connectivity index (χ2n) is 11.5. The molecule has 0 saturated heterocycles. The van der Waals surface area contributed by atoms with Gasteiger partial charge in [0.05, 0.1) is 12.4 Å². The van der Waals surface area contributed by atoms with E-state index in [1.807, 2.05) is 0 Å². The van der Waals surface area contributed by atoms with E-state index in [1.165, 1.54) is 32.1 Å². The van der Waals surface area contributed by atoms with Crippen LogP contribution in [0, 0.1) is 28.6 Å². The van der Waals surface area contributed by atoms with Crippen molar-refractivity contribution in [1.29, 1.82) is 0 Å². The van der Waals surface area contributed by atoms with Crippen LogP contribution < -0.4 is 0 Å². The van der Waals surface area contributed by atoms with Crippen molar-refractivity contribution in [1.82, 2.24) is 0 Å². The lowest BCUT2D eigenvalue weighted by molar-refractivity contribution is -0.150. The molecule has 0 amide bonds. The number of carbonyl (C=O) groups excluding carboxylic acids is 1. The molecule has 0 heterocycles. The number of allylic oxidation sites excluding steroid dienone is 4. The van der Waals surface area contributed by atoms with E-state index in [0.29, 0.717) is 35.5 Å². The predicted molar refractivity (Wildman–Crippen MR) is 125 cm³/mol. The molecule has 1 saturated carbocycles. The van der Waals surface area contributed by atoms with Crippen molar-refractivity contribution < 1.29 is 9.53 Å². The minimum atomic E-state index is -0.0485. The number of hydrogen-bond acceptors (Lipinski definition) is 3. The third kappa shape index (κ3) is 4.97. The number of hydrogen-bond donors (Lipinski definition) is 0. The van der Waals surface area contributed by atoms with Gasteiger partial charge in [-0.2, -0.15) is 0 Å². The van der Waals surface area contributed by atoms with Crippen LogP contribution in [0.5, 0.6) is 0 Å². The zero-order chi connectivity index (χ0) is 21.4. The molecule has 29 heavy (non-hydrogen) atoms. The average Bonchev–Trinajstić information content (AvgIpc) is 2.63. The molecule has 0 aromatic rings. The van der Waals surface area contributed by atoms with Gasteiger partial charge in [-0.1, -0.05) is 72.6 Å². The Morgan fingerprint density at radius 2 is 2.00 bits per heavy atom. The van der Waals surface area contributed by atoms with Gasteiger partial charge in [-0.15, -0.1) is 11.8 Å². The van der Waals surface area contributed by atoms with Crippen molar-refractivity contribution in [2.45, 2.75) is 91.7 Å². The zero-order valence-electron chi connectivity index (χ0n) is 19.8. The quantitative estimate of drug-likeness (QED) is 0.442. The number of rotatable bonds is 5. The van der Waals surface area contributed by atoms with E-state index in [1.54, 1.807) is 22.9 Å². The Hall–Kier alpha value is -0.700. The van der Waals surface area contributed by atoms with Gasteiger partial charge in [-0.25, -0.2) is 0 Å². The van der Waals surface area contributed by atoms with Crippen molar-refractivity contribution in [3.63, 3.8) is 0 Å². The van der Waals surface area contributed by atoms with Crippen molar-refractivity contribution in [3.05, 3.63) is 23.3 Å². The van der Waals surface area contributed by atoms with E-state index in [-0.39, 0.29) is 16.1 Å². The van der Waals surface area contributed by atoms with Crippen LogP contribution in [-0.4, -0.2) is 23.1 Å². The predicted octanol–water partition coefficient (Wildman–Crippen LogP) is 7.20. The third-order valence-corrected chi connectivity index (χ3v) is 9.14. The van der Waals surface area contributed by atoms with Gasteiger partial charge in [0.1, 0.15) is 0 Å². The van der Waals surface area contributed by atoms with E-state index in [4.69, 9.17) is 4.74 Å². The summed E-state index contributed by atoms with van der Waals surface area (Å²) in [6, 6.07) is 0. The van der Waals surface area contributed by atoms with Gasteiger partial charge in [0, 0.05) is 10.2 Å². The van der Waals surface area contributed by atoms with Crippen LogP contribution in [0.2, 0.25) is 0 Å². The third-order valence-electron chi connectivity index (χ3n) is 7.89. The van der Waals surface area contributed by atoms with Gasteiger partial charge >= 0.3 is 5.97 Å². The van der Waals surface area contributed by atoms with Gasteiger partial charge in [0.2, 0.25) is 0 Å². The minimum absolute atomic E-state index is 0.0485. The Morgan fingerprint density at radius 3 is 2.66 bits per heavy atom. The molecule has 0 aliphatic heterocycles. The maximum Gasteiger partial charge on any atom is 0.315 e. The van der Waals surface area contributed by atoms with Gasteiger partial charge < -0.3 is 4.74 Å². The standard InChI is InChI=1S/C26H42O2S/c1-18(2)19-9-11-21-20(15-19)10-12-22-25(6,13-8-14-26(21,22)7)17-28-23(27)16-29-24(3,4)5/h10,15,18,21-22H,8-9,11-14,16-17H2,1-7H3/t21-,22+,25-,26-/m1/s1. The van der Waals surface area contributed by atoms with Crippen molar-refractivity contribution in [3.8, 4) is 0 Å². The van der Waals surface area contributed by atoms with Gasteiger partial charge in [0.25, 0.3) is 0 Å².